The molecule has 194 valence electrons. The van der Waals surface area contributed by atoms with Gasteiger partial charge in [0.1, 0.15) is 0 Å². The Morgan fingerprint density at radius 1 is 1.22 bits per heavy atom. The number of piperidine rings is 1. The third kappa shape index (κ3) is 5.49. The zero-order valence-corrected chi connectivity index (χ0v) is 21.9. The number of rotatable bonds is 9. The largest absolute Gasteiger partial charge is 0.419 e. The van der Waals surface area contributed by atoms with E-state index in [2.05, 4.69) is 42.3 Å². The van der Waals surface area contributed by atoms with E-state index in [1.54, 1.807) is 13.1 Å². The number of fused-ring (bicyclic) bond motifs is 1. The monoisotopic (exact) mass is 514 g/mol. The van der Waals surface area contributed by atoms with Crippen LogP contribution < -0.4 is 16.0 Å². The predicted molar refractivity (Wildman–Crippen MR) is 140 cm³/mol. The van der Waals surface area contributed by atoms with Crippen LogP contribution in [0.1, 0.15) is 31.7 Å². The molecule has 1 atom stereocenters. The van der Waals surface area contributed by atoms with E-state index < -0.39 is 21.7 Å². The van der Waals surface area contributed by atoms with E-state index in [0.29, 0.717) is 31.4 Å². The smallest absolute Gasteiger partial charge is 0.408 e. The molecule has 1 fully saturated rings. The van der Waals surface area contributed by atoms with Gasteiger partial charge in [-0.2, -0.15) is 4.31 Å². The molecule has 0 bridgehead atoms. The fourth-order valence-electron chi connectivity index (χ4n) is 4.72. The van der Waals surface area contributed by atoms with Gasteiger partial charge in [-0.3, -0.25) is 9.36 Å². The van der Waals surface area contributed by atoms with E-state index in [9.17, 15) is 18.0 Å². The van der Waals surface area contributed by atoms with Crippen LogP contribution in [0.4, 0.5) is 5.69 Å². The molecule has 2 heterocycles. The van der Waals surface area contributed by atoms with Crippen molar-refractivity contribution in [3.63, 3.8) is 0 Å². The summed E-state index contributed by atoms with van der Waals surface area (Å²) in [5.41, 5.74) is 3.13. The SMILES string of the molecule is CCN(CCCNC(=O)[C@@H]1CCCN(S(=O)(=O)c2ccc3c(c2)oc(=O)n3C)C1)c1cccc(C)c1. The molecule has 1 aliphatic rings. The molecule has 1 aromatic heterocycles. The molecule has 9 nitrogen and oxygen atoms in total. The van der Waals surface area contributed by atoms with E-state index in [1.165, 1.54) is 32.3 Å². The Bertz CT molecular complexity index is 1390. The Labute approximate surface area is 211 Å². The Balaban J connectivity index is 1.33. The van der Waals surface area contributed by atoms with Crippen molar-refractivity contribution in [2.24, 2.45) is 13.0 Å². The zero-order chi connectivity index (χ0) is 25.9. The molecule has 1 amide bonds. The number of hydrogen-bond acceptors (Lipinski definition) is 6. The molecule has 0 saturated carbocycles. The first kappa shape index (κ1) is 26.0. The third-order valence-electron chi connectivity index (χ3n) is 6.81. The summed E-state index contributed by atoms with van der Waals surface area (Å²) in [4.78, 5) is 26.9. The summed E-state index contributed by atoms with van der Waals surface area (Å²) >= 11 is 0. The molecule has 3 aromatic rings. The van der Waals surface area contributed by atoms with Crippen LogP contribution in [0, 0.1) is 12.8 Å². The van der Waals surface area contributed by atoms with Crippen molar-refractivity contribution in [3.8, 4) is 0 Å². The summed E-state index contributed by atoms with van der Waals surface area (Å²) < 4.78 is 34.4. The van der Waals surface area contributed by atoms with Crippen LogP contribution in [0.3, 0.4) is 0 Å². The second-order valence-corrected chi connectivity index (χ2v) is 11.3. The number of anilines is 1. The molecule has 0 unspecified atom stereocenters. The minimum atomic E-state index is -3.82. The lowest BCUT2D eigenvalue weighted by Crippen LogP contribution is -2.45. The van der Waals surface area contributed by atoms with Crippen LogP contribution in [-0.2, 0) is 21.9 Å². The Morgan fingerprint density at radius 3 is 2.78 bits per heavy atom. The highest BCUT2D eigenvalue weighted by molar-refractivity contribution is 7.89. The van der Waals surface area contributed by atoms with Crippen LogP contribution in [-0.4, -0.2) is 55.9 Å². The van der Waals surface area contributed by atoms with Crippen LogP contribution in [0.15, 0.2) is 56.6 Å². The second kappa shape index (κ2) is 10.9. The summed E-state index contributed by atoms with van der Waals surface area (Å²) in [5, 5.41) is 3.00. The normalized spacial score (nSPS) is 16.8. The number of carbonyl (C=O) groups excluding carboxylic acids is 1. The maximum Gasteiger partial charge on any atom is 0.419 e. The van der Waals surface area contributed by atoms with Gasteiger partial charge in [0.05, 0.1) is 16.3 Å². The summed E-state index contributed by atoms with van der Waals surface area (Å²) in [6.45, 7) is 6.91. The molecular weight excluding hydrogens is 480 g/mol. The Hall–Kier alpha value is -3.11. The molecule has 10 heteroatoms. The van der Waals surface area contributed by atoms with Gasteiger partial charge in [0.2, 0.25) is 15.9 Å². The van der Waals surface area contributed by atoms with E-state index in [0.717, 1.165) is 19.5 Å². The minimum absolute atomic E-state index is 0.0567. The highest BCUT2D eigenvalue weighted by atomic mass is 32.2. The number of nitrogens with zero attached hydrogens (tertiary/aromatic N) is 3. The molecule has 1 saturated heterocycles. The van der Waals surface area contributed by atoms with Crippen molar-refractivity contribution >= 4 is 32.7 Å². The first-order chi connectivity index (χ1) is 17.2. The number of amides is 1. The molecule has 0 aliphatic carbocycles. The average Bonchev–Trinajstić information content (AvgIpc) is 3.16. The summed E-state index contributed by atoms with van der Waals surface area (Å²) in [6.07, 6.45) is 2.05. The maximum atomic E-state index is 13.3. The Kier molecular flexibility index (Phi) is 7.85. The van der Waals surface area contributed by atoms with E-state index in [1.807, 2.05) is 6.07 Å². The van der Waals surface area contributed by atoms with Crippen molar-refractivity contribution in [1.82, 2.24) is 14.2 Å². The third-order valence-corrected chi connectivity index (χ3v) is 8.67. The number of nitrogens with one attached hydrogen (secondary N) is 1. The van der Waals surface area contributed by atoms with E-state index in [-0.39, 0.29) is 22.9 Å². The standard InChI is InChI=1S/C26H34N4O5S/c1-4-29(21-10-5-8-19(2)16-21)14-7-13-27-25(31)20-9-6-15-30(18-20)36(33,34)22-11-12-23-24(17-22)35-26(32)28(23)3/h5,8,10-12,16-17,20H,4,6-7,9,13-15,18H2,1-3H3,(H,27,31)/t20-/m1/s1. The highest BCUT2D eigenvalue weighted by Crippen LogP contribution is 2.26. The molecular formula is C26H34N4O5S. The van der Waals surface area contributed by atoms with Crippen LogP contribution >= 0.6 is 0 Å². The number of carbonyl (C=O) groups is 1. The van der Waals surface area contributed by atoms with Gasteiger partial charge in [-0.05, 0) is 62.9 Å². The Morgan fingerprint density at radius 2 is 2.03 bits per heavy atom. The molecule has 0 radical (unpaired) electrons. The molecule has 2 aromatic carbocycles. The first-order valence-electron chi connectivity index (χ1n) is 12.4. The lowest BCUT2D eigenvalue weighted by atomic mass is 9.99. The molecule has 1 aliphatic heterocycles. The zero-order valence-electron chi connectivity index (χ0n) is 21.1. The number of oxazole rings is 1. The quantitative estimate of drug-likeness (QED) is 0.441. The van der Waals surface area contributed by atoms with Crippen LogP contribution in [0.5, 0.6) is 0 Å². The van der Waals surface area contributed by atoms with Gasteiger partial charge in [-0.15, -0.1) is 0 Å². The number of aromatic nitrogens is 1. The molecule has 0 spiro atoms. The fraction of sp³-hybridized carbons (Fsp3) is 0.462. The first-order valence-corrected chi connectivity index (χ1v) is 13.8. The van der Waals surface area contributed by atoms with Crippen LogP contribution in [0.25, 0.3) is 11.1 Å². The number of benzene rings is 2. The van der Waals surface area contributed by atoms with Crippen molar-refractivity contribution in [1.29, 1.82) is 0 Å². The minimum Gasteiger partial charge on any atom is -0.408 e. The highest BCUT2D eigenvalue weighted by Gasteiger charge is 2.33. The van der Waals surface area contributed by atoms with Gasteiger partial charge in [0.15, 0.2) is 5.58 Å². The molecule has 4 rings (SSSR count). The van der Waals surface area contributed by atoms with E-state index >= 15 is 0 Å². The van der Waals surface area contributed by atoms with Crippen molar-refractivity contribution in [2.75, 3.05) is 37.6 Å². The van der Waals surface area contributed by atoms with Gasteiger partial charge in [-0.25, -0.2) is 13.2 Å². The predicted octanol–water partition coefficient (Wildman–Crippen LogP) is 2.87. The summed E-state index contributed by atoms with van der Waals surface area (Å²) in [7, 11) is -2.25. The lowest BCUT2D eigenvalue weighted by molar-refractivity contribution is -0.126. The number of hydrogen-bond donors (Lipinski definition) is 1. The van der Waals surface area contributed by atoms with Gasteiger partial charge < -0.3 is 14.6 Å². The molecule has 1 N–H and O–H groups in total. The van der Waals surface area contributed by atoms with Gasteiger partial charge >= 0.3 is 5.76 Å². The number of aryl methyl sites for hydroxylation is 2. The summed E-state index contributed by atoms with van der Waals surface area (Å²) in [6, 6.07) is 12.8. The lowest BCUT2D eigenvalue weighted by Gasteiger charge is -2.31. The van der Waals surface area contributed by atoms with Crippen molar-refractivity contribution in [3.05, 3.63) is 58.6 Å². The average molecular weight is 515 g/mol. The summed E-state index contributed by atoms with van der Waals surface area (Å²) in [5.74, 6) is -1.06. The maximum absolute atomic E-state index is 13.3. The van der Waals surface area contributed by atoms with Gasteiger partial charge in [0.25, 0.3) is 0 Å². The van der Waals surface area contributed by atoms with E-state index in [4.69, 9.17) is 4.42 Å². The van der Waals surface area contributed by atoms with Crippen molar-refractivity contribution in [2.45, 2.75) is 38.0 Å². The van der Waals surface area contributed by atoms with Crippen molar-refractivity contribution < 1.29 is 17.6 Å². The second-order valence-electron chi connectivity index (χ2n) is 9.32. The molecule has 36 heavy (non-hydrogen) atoms. The van der Waals surface area contributed by atoms with Gasteiger partial charge in [0, 0.05) is 51.5 Å². The number of sulfonamides is 1. The topological polar surface area (TPSA) is 105 Å². The van der Waals surface area contributed by atoms with Gasteiger partial charge in [-0.1, -0.05) is 12.1 Å². The van der Waals surface area contributed by atoms with Crippen LogP contribution in [0.2, 0.25) is 0 Å². The fourth-order valence-corrected chi connectivity index (χ4v) is 6.26.